The Morgan fingerprint density at radius 3 is 2.91 bits per heavy atom. The van der Waals surface area contributed by atoms with Crippen molar-refractivity contribution in [3.8, 4) is 0 Å². The monoisotopic (exact) mass is 313 g/mol. The van der Waals surface area contributed by atoms with Crippen molar-refractivity contribution in [2.75, 3.05) is 10.2 Å². The third-order valence-corrected chi connectivity index (χ3v) is 4.26. The number of anilines is 3. The van der Waals surface area contributed by atoms with E-state index in [1.807, 2.05) is 33.8 Å². The maximum atomic E-state index is 12.9. The lowest BCUT2D eigenvalue weighted by molar-refractivity contribution is -0.122. The maximum absolute atomic E-state index is 12.9. The summed E-state index contributed by atoms with van der Waals surface area (Å²) in [5, 5.41) is 3.05. The van der Waals surface area contributed by atoms with Crippen molar-refractivity contribution in [1.82, 2.24) is 15.0 Å². The van der Waals surface area contributed by atoms with Crippen molar-refractivity contribution in [3.63, 3.8) is 0 Å². The van der Waals surface area contributed by atoms with Crippen molar-refractivity contribution >= 4 is 23.4 Å². The molecule has 1 atom stereocenters. The van der Waals surface area contributed by atoms with Crippen molar-refractivity contribution in [3.05, 3.63) is 36.3 Å². The number of nitrogens with one attached hydrogen (secondary N) is 1. The molecule has 0 bridgehead atoms. The van der Waals surface area contributed by atoms with Crippen LogP contribution in [0.2, 0.25) is 0 Å². The standard InChI is InChI=1S/C17H21N5O/c1-5-11(2)22-14-13(17(3,4)15(22)23)10-19-16(21-14)20-12-7-6-8-18-9-12/h6-11H,5H2,1-4H3,(H,19,20,21)/t11-/m1/s1/i10T. The molecule has 0 saturated carbocycles. The van der Waals surface area contributed by atoms with Gasteiger partial charge in [0.25, 0.3) is 0 Å². The Bertz CT molecular complexity index is 778. The molecule has 1 N–H and O–H groups in total. The molecule has 0 unspecified atom stereocenters. The van der Waals surface area contributed by atoms with E-state index in [9.17, 15) is 4.79 Å². The van der Waals surface area contributed by atoms with Crippen LogP contribution in [0.3, 0.4) is 0 Å². The van der Waals surface area contributed by atoms with E-state index in [0.29, 0.717) is 17.3 Å². The normalized spacial score (nSPS) is 17.7. The van der Waals surface area contributed by atoms with Gasteiger partial charge in [-0.2, -0.15) is 4.98 Å². The second kappa shape index (κ2) is 5.61. The molecule has 1 amide bonds. The van der Waals surface area contributed by atoms with Crippen LogP contribution in [0.1, 0.15) is 41.0 Å². The zero-order chi connectivity index (χ0) is 17.5. The quantitative estimate of drug-likeness (QED) is 0.939. The molecular formula is C17H21N5O. The summed E-state index contributed by atoms with van der Waals surface area (Å²) in [6.07, 6.45) is 4.22. The highest BCUT2D eigenvalue weighted by Gasteiger charge is 2.46. The van der Waals surface area contributed by atoms with E-state index < -0.39 is 5.41 Å². The average molecular weight is 313 g/mol. The van der Waals surface area contributed by atoms with E-state index in [-0.39, 0.29) is 18.1 Å². The summed E-state index contributed by atoms with van der Waals surface area (Å²) >= 11 is 0. The Morgan fingerprint density at radius 2 is 2.26 bits per heavy atom. The predicted molar refractivity (Wildman–Crippen MR) is 89.8 cm³/mol. The summed E-state index contributed by atoms with van der Waals surface area (Å²) in [5.74, 6) is 0.796. The van der Waals surface area contributed by atoms with Crippen LogP contribution in [-0.2, 0) is 10.2 Å². The second-order valence-corrected chi connectivity index (χ2v) is 6.28. The first-order chi connectivity index (χ1) is 11.4. The fourth-order valence-electron chi connectivity index (χ4n) is 2.65. The first kappa shape index (κ1) is 14.1. The molecule has 3 rings (SSSR count). The number of rotatable bonds is 4. The molecule has 0 saturated heterocycles. The first-order valence-electron chi connectivity index (χ1n) is 8.26. The highest BCUT2D eigenvalue weighted by Crippen LogP contribution is 2.41. The van der Waals surface area contributed by atoms with Gasteiger partial charge >= 0.3 is 0 Å². The Morgan fingerprint density at radius 1 is 1.48 bits per heavy atom. The Kier molecular flexibility index (Phi) is 3.44. The summed E-state index contributed by atoms with van der Waals surface area (Å²) in [5.41, 5.74) is 0.530. The van der Waals surface area contributed by atoms with Crippen LogP contribution in [0.25, 0.3) is 0 Å². The molecule has 6 nitrogen and oxygen atoms in total. The topological polar surface area (TPSA) is 71.0 Å². The van der Waals surface area contributed by atoms with Gasteiger partial charge in [0.15, 0.2) is 0 Å². The Balaban J connectivity index is 2.09. The van der Waals surface area contributed by atoms with Crippen molar-refractivity contribution in [2.45, 2.75) is 45.6 Å². The van der Waals surface area contributed by atoms with Crippen LogP contribution in [-0.4, -0.2) is 26.9 Å². The molecule has 2 aromatic rings. The van der Waals surface area contributed by atoms with Gasteiger partial charge in [-0.05, 0) is 39.3 Å². The van der Waals surface area contributed by atoms with Crippen LogP contribution >= 0.6 is 0 Å². The first-order valence-corrected chi connectivity index (χ1v) is 7.76. The second-order valence-electron chi connectivity index (χ2n) is 6.28. The van der Waals surface area contributed by atoms with Crippen LogP contribution in [0.5, 0.6) is 0 Å². The van der Waals surface area contributed by atoms with E-state index in [2.05, 4.69) is 20.3 Å². The number of hydrogen-bond donors (Lipinski definition) is 1. The zero-order valence-corrected chi connectivity index (χ0v) is 13.8. The van der Waals surface area contributed by atoms with Crippen LogP contribution in [0.15, 0.2) is 30.7 Å². The third kappa shape index (κ3) is 2.54. The molecule has 0 spiro atoms. The molecule has 6 heteroatoms. The van der Waals surface area contributed by atoms with E-state index in [1.165, 1.54) is 0 Å². The minimum atomic E-state index is -0.789. The maximum Gasteiger partial charge on any atom is 0.238 e. The van der Waals surface area contributed by atoms with E-state index >= 15 is 0 Å². The highest BCUT2D eigenvalue weighted by molar-refractivity contribution is 6.07. The van der Waals surface area contributed by atoms with Gasteiger partial charge in [-0.1, -0.05) is 6.92 Å². The summed E-state index contributed by atoms with van der Waals surface area (Å²) in [6, 6.07) is 3.66. The lowest BCUT2D eigenvalue weighted by Crippen LogP contribution is -2.41. The van der Waals surface area contributed by atoms with Crippen LogP contribution < -0.4 is 10.2 Å². The van der Waals surface area contributed by atoms with Gasteiger partial charge in [0.2, 0.25) is 11.9 Å². The molecule has 0 aromatic carbocycles. The van der Waals surface area contributed by atoms with Gasteiger partial charge in [-0.15, -0.1) is 0 Å². The van der Waals surface area contributed by atoms with Crippen molar-refractivity contribution < 1.29 is 6.17 Å². The number of carbonyl (C=O) groups is 1. The minimum Gasteiger partial charge on any atom is -0.323 e. The Labute approximate surface area is 137 Å². The molecule has 0 aliphatic carbocycles. The number of carbonyl (C=O) groups excluding carboxylic acids is 1. The molecule has 120 valence electrons. The lowest BCUT2D eigenvalue weighted by Gasteiger charge is -2.25. The van der Waals surface area contributed by atoms with Gasteiger partial charge < -0.3 is 5.32 Å². The largest absolute Gasteiger partial charge is 0.323 e. The number of amides is 1. The predicted octanol–water partition coefficient (Wildman–Crippen LogP) is 3.04. The molecule has 2 aromatic heterocycles. The molecule has 0 radical (unpaired) electrons. The van der Waals surface area contributed by atoms with Crippen LogP contribution in [0.4, 0.5) is 17.5 Å². The number of fused-ring (bicyclic) bond motifs is 1. The lowest BCUT2D eigenvalue weighted by atomic mass is 9.88. The fourth-order valence-corrected chi connectivity index (χ4v) is 2.65. The molecule has 1 aliphatic rings. The van der Waals surface area contributed by atoms with Gasteiger partial charge in [0.05, 0.1) is 18.7 Å². The number of pyridine rings is 1. The fraction of sp³-hybridized carbons (Fsp3) is 0.412. The van der Waals surface area contributed by atoms with Gasteiger partial charge in [-0.25, -0.2) is 4.98 Å². The molecule has 0 fully saturated rings. The third-order valence-electron chi connectivity index (χ3n) is 4.26. The van der Waals surface area contributed by atoms with Gasteiger partial charge in [0, 0.05) is 24.0 Å². The van der Waals surface area contributed by atoms with Gasteiger partial charge in [-0.3, -0.25) is 14.7 Å². The Hall–Kier alpha value is -2.50. The molecular weight excluding hydrogens is 290 g/mol. The summed E-state index contributed by atoms with van der Waals surface area (Å²) in [6.45, 7) is 7.67. The van der Waals surface area contributed by atoms with Crippen LogP contribution in [0, 0.1) is 0 Å². The minimum absolute atomic E-state index is 0.0126. The van der Waals surface area contributed by atoms with E-state index in [1.54, 1.807) is 23.4 Å². The smallest absolute Gasteiger partial charge is 0.238 e. The molecule has 1 aliphatic heterocycles. The summed E-state index contributed by atoms with van der Waals surface area (Å²) in [4.78, 5) is 27.4. The average Bonchev–Trinajstić information content (AvgIpc) is 2.74. The SMILES string of the molecule is [3H]c1nc(Nc2cccnc2)nc2c1C(C)(C)C(=O)N2[C@H](C)CC. The number of nitrogens with zero attached hydrogens (tertiary/aromatic N) is 4. The highest BCUT2D eigenvalue weighted by atomic mass is 16.2. The number of aromatic nitrogens is 3. The van der Waals surface area contributed by atoms with Gasteiger partial charge in [0.1, 0.15) is 5.82 Å². The summed E-state index contributed by atoms with van der Waals surface area (Å²) < 4.78 is 8.31. The van der Waals surface area contributed by atoms with Crippen molar-refractivity contribution in [1.29, 1.82) is 0 Å². The summed E-state index contributed by atoms with van der Waals surface area (Å²) in [7, 11) is 0. The zero-order valence-electron chi connectivity index (χ0n) is 14.8. The number of hydrogen-bond acceptors (Lipinski definition) is 5. The van der Waals surface area contributed by atoms with Crippen molar-refractivity contribution in [2.24, 2.45) is 0 Å². The molecule has 3 heterocycles. The molecule has 23 heavy (non-hydrogen) atoms. The van der Waals surface area contributed by atoms with E-state index in [4.69, 9.17) is 1.37 Å². The van der Waals surface area contributed by atoms with E-state index in [0.717, 1.165) is 12.1 Å².